The summed E-state index contributed by atoms with van der Waals surface area (Å²) in [7, 11) is -3.50. The number of halogens is 1. The zero-order chi connectivity index (χ0) is 22.5. The van der Waals surface area contributed by atoms with E-state index in [-0.39, 0.29) is 52.2 Å². The molecule has 9 nitrogen and oxygen atoms in total. The molecule has 0 unspecified atom stereocenters. The Kier molecular flexibility index (Phi) is 7.63. The second-order valence-electron chi connectivity index (χ2n) is 6.65. The summed E-state index contributed by atoms with van der Waals surface area (Å²) in [5, 5.41) is 22.2. The van der Waals surface area contributed by atoms with E-state index in [1.54, 1.807) is 13.8 Å². The van der Waals surface area contributed by atoms with Crippen LogP contribution in [0.2, 0.25) is 5.02 Å². The first-order valence-corrected chi connectivity index (χ1v) is 10.9. The number of hydrogen-bond acceptors (Lipinski definition) is 7. The summed E-state index contributed by atoms with van der Waals surface area (Å²) >= 11 is 6.17. The van der Waals surface area contributed by atoms with Gasteiger partial charge in [-0.05, 0) is 44.5 Å². The van der Waals surface area contributed by atoms with Crippen LogP contribution in [-0.2, 0) is 14.6 Å². The maximum atomic E-state index is 12.3. The molecule has 11 heteroatoms. The van der Waals surface area contributed by atoms with Crippen LogP contribution >= 0.6 is 11.6 Å². The van der Waals surface area contributed by atoms with Gasteiger partial charge in [0.15, 0.2) is 9.84 Å². The molecule has 0 radical (unpaired) electrons. The van der Waals surface area contributed by atoms with Crippen molar-refractivity contribution in [3.05, 3.63) is 51.5 Å². The Morgan fingerprint density at radius 1 is 1.27 bits per heavy atom. The number of carboxylic acid groups (broad SMARTS) is 1. The van der Waals surface area contributed by atoms with E-state index in [0.717, 1.165) is 0 Å². The minimum absolute atomic E-state index is 0.0688. The number of nitrogens with one attached hydrogen (secondary N) is 1. The van der Waals surface area contributed by atoms with Gasteiger partial charge >= 0.3 is 5.97 Å². The number of anilines is 1. The molecule has 0 aliphatic carbocycles. The monoisotopic (exact) mass is 456 g/mol. The number of ether oxygens (including phenoxy) is 1. The lowest BCUT2D eigenvalue weighted by Gasteiger charge is -2.13. The van der Waals surface area contributed by atoms with Crippen molar-refractivity contribution in [3.8, 4) is 11.5 Å². The molecule has 30 heavy (non-hydrogen) atoms. The van der Waals surface area contributed by atoms with Crippen molar-refractivity contribution in [1.29, 1.82) is 0 Å². The van der Waals surface area contributed by atoms with Crippen molar-refractivity contribution in [1.82, 2.24) is 0 Å². The lowest BCUT2D eigenvalue weighted by atomic mass is 10.2. The number of hydrogen-bond donors (Lipinski definition) is 2. The maximum Gasteiger partial charge on any atom is 0.303 e. The quantitative estimate of drug-likeness (QED) is 0.303. The van der Waals surface area contributed by atoms with Crippen molar-refractivity contribution in [2.45, 2.75) is 36.8 Å². The van der Waals surface area contributed by atoms with Crippen molar-refractivity contribution in [3.63, 3.8) is 0 Å². The summed E-state index contributed by atoms with van der Waals surface area (Å²) in [6, 6.07) is 8.12. The lowest BCUT2D eigenvalue weighted by Crippen LogP contribution is -2.13. The number of sulfone groups is 1. The van der Waals surface area contributed by atoms with Crippen molar-refractivity contribution < 1.29 is 28.0 Å². The zero-order valence-electron chi connectivity index (χ0n) is 16.3. The van der Waals surface area contributed by atoms with Gasteiger partial charge in [-0.15, -0.1) is 0 Å². The van der Waals surface area contributed by atoms with Crippen LogP contribution < -0.4 is 10.1 Å². The minimum atomic E-state index is -3.50. The van der Waals surface area contributed by atoms with Gasteiger partial charge in [-0.25, -0.2) is 8.42 Å². The van der Waals surface area contributed by atoms with Crippen LogP contribution in [0.3, 0.4) is 0 Å². The van der Waals surface area contributed by atoms with Gasteiger partial charge < -0.3 is 15.2 Å². The van der Waals surface area contributed by atoms with E-state index in [1.165, 1.54) is 36.4 Å². The van der Waals surface area contributed by atoms with Crippen molar-refractivity contribution >= 4 is 38.8 Å². The third kappa shape index (κ3) is 5.83. The van der Waals surface area contributed by atoms with Gasteiger partial charge in [-0.1, -0.05) is 11.6 Å². The lowest BCUT2D eigenvalue weighted by molar-refractivity contribution is -0.384. The molecule has 2 aromatic rings. The maximum absolute atomic E-state index is 12.3. The smallest absolute Gasteiger partial charge is 0.303 e. The fourth-order valence-electron chi connectivity index (χ4n) is 2.48. The molecule has 0 bridgehead atoms. The predicted molar refractivity (Wildman–Crippen MR) is 112 cm³/mol. The molecule has 2 aromatic carbocycles. The number of nitro groups is 1. The Bertz CT molecular complexity index is 1050. The molecule has 0 atom stereocenters. The molecule has 0 saturated heterocycles. The van der Waals surface area contributed by atoms with E-state index in [9.17, 15) is 23.3 Å². The topological polar surface area (TPSA) is 136 Å². The summed E-state index contributed by atoms with van der Waals surface area (Å²) < 4.78 is 30.2. The average Bonchev–Trinajstić information content (AvgIpc) is 2.66. The highest BCUT2D eigenvalue weighted by Crippen LogP contribution is 2.35. The number of aliphatic carboxylic acids is 1. The molecule has 0 aliphatic heterocycles. The van der Waals surface area contributed by atoms with Crippen LogP contribution in [0.4, 0.5) is 11.4 Å². The highest BCUT2D eigenvalue weighted by Gasteiger charge is 2.21. The Balaban J connectivity index is 2.24. The summed E-state index contributed by atoms with van der Waals surface area (Å²) in [5.41, 5.74) is -0.0276. The number of nitrogens with zero attached hydrogens (tertiary/aromatic N) is 1. The van der Waals surface area contributed by atoms with Crippen molar-refractivity contribution in [2.24, 2.45) is 0 Å². The van der Waals surface area contributed by atoms with Crippen LogP contribution in [0, 0.1) is 10.1 Å². The van der Waals surface area contributed by atoms with Crippen LogP contribution in [0.1, 0.15) is 26.7 Å². The Morgan fingerprint density at radius 2 is 1.97 bits per heavy atom. The normalized spacial score (nSPS) is 11.3. The van der Waals surface area contributed by atoms with Gasteiger partial charge in [0.05, 0.1) is 20.1 Å². The van der Waals surface area contributed by atoms with Crippen LogP contribution in [0.5, 0.6) is 11.5 Å². The molecule has 0 saturated carbocycles. The Labute approximate surface area is 178 Å². The third-order valence-electron chi connectivity index (χ3n) is 4.13. The van der Waals surface area contributed by atoms with Crippen LogP contribution in [0.15, 0.2) is 41.3 Å². The first kappa shape index (κ1) is 23.4. The van der Waals surface area contributed by atoms with Gasteiger partial charge in [-0.3, -0.25) is 14.9 Å². The molecule has 0 amide bonds. The van der Waals surface area contributed by atoms with E-state index < -0.39 is 26.0 Å². The van der Waals surface area contributed by atoms with Gasteiger partial charge in [0.1, 0.15) is 17.2 Å². The van der Waals surface area contributed by atoms with Gasteiger partial charge in [-0.2, -0.15) is 0 Å². The van der Waals surface area contributed by atoms with E-state index in [1.807, 2.05) is 0 Å². The molecule has 2 N–H and O–H groups in total. The van der Waals surface area contributed by atoms with Crippen molar-refractivity contribution in [2.75, 3.05) is 11.9 Å². The van der Waals surface area contributed by atoms with E-state index in [2.05, 4.69) is 5.32 Å². The number of carbonyl (C=O) groups is 1. The first-order chi connectivity index (χ1) is 14.0. The zero-order valence-corrected chi connectivity index (χ0v) is 17.9. The molecule has 0 fully saturated rings. The summed E-state index contributed by atoms with van der Waals surface area (Å²) in [6.45, 7) is 3.35. The van der Waals surface area contributed by atoms with Gasteiger partial charge in [0.25, 0.3) is 5.69 Å². The summed E-state index contributed by atoms with van der Waals surface area (Å²) in [6.07, 6.45) is 0.216. The van der Waals surface area contributed by atoms with Gasteiger partial charge in [0, 0.05) is 25.1 Å². The van der Waals surface area contributed by atoms with Crippen LogP contribution in [0.25, 0.3) is 0 Å². The fraction of sp³-hybridized carbons (Fsp3) is 0.316. The second kappa shape index (κ2) is 9.77. The summed E-state index contributed by atoms with van der Waals surface area (Å²) in [5.74, 6) is -0.534. The molecular formula is C19H21ClN2O7S. The van der Waals surface area contributed by atoms with Crippen LogP contribution in [-0.4, -0.2) is 36.2 Å². The third-order valence-corrected chi connectivity index (χ3v) is 6.58. The fourth-order valence-corrected chi connectivity index (χ4v) is 3.85. The Morgan fingerprint density at radius 3 is 2.53 bits per heavy atom. The number of carboxylic acids is 1. The molecule has 162 valence electrons. The second-order valence-corrected chi connectivity index (χ2v) is 9.56. The number of nitro benzene ring substituents is 1. The molecule has 0 aromatic heterocycles. The predicted octanol–water partition coefficient (Wildman–Crippen LogP) is 4.50. The molecular weight excluding hydrogens is 436 g/mol. The molecule has 2 rings (SSSR count). The standard InChI is InChI=1S/C19H21ClN2O7S/c1-12(2)30(27,28)14-6-8-18(15(20)11-14)29-13-5-7-17(22(25)26)16(10-13)21-9-3-4-19(23)24/h5-8,10-12,21H,3-4,9H2,1-2H3,(H,23,24). The van der Waals surface area contributed by atoms with E-state index >= 15 is 0 Å². The number of rotatable bonds is 10. The van der Waals surface area contributed by atoms with E-state index in [4.69, 9.17) is 21.4 Å². The Hall–Kier alpha value is -2.85. The first-order valence-electron chi connectivity index (χ1n) is 8.97. The average molecular weight is 457 g/mol. The summed E-state index contributed by atoms with van der Waals surface area (Å²) in [4.78, 5) is 21.3. The minimum Gasteiger partial charge on any atom is -0.481 e. The molecule has 0 spiro atoms. The highest BCUT2D eigenvalue weighted by atomic mass is 35.5. The largest absolute Gasteiger partial charge is 0.481 e. The van der Waals surface area contributed by atoms with E-state index in [0.29, 0.717) is 0 Å². The van der Waals surface area contributed by atoms with Gasteiger partial charge in [0.2, 0.25) is 0 Å². The molecule has 0 heterocycles. The number of benzene rings is 2. The highest BCUT2D eigenvalue weighted by molar-refractivity contribution is 7.92. The molecule has 0 aliphatic rings. The SMILES string of the molecule is CC(C)S(=O)(=O)c1ccc(Oc2ccc([N+](=O)[O-])c(NCCCC(=O)O)c2)c(Cl)c1.